The Labute approximate surface area is 96.8 Å². The summed E-state index contributed by atoms with van der Waals surface area (Å²) in [7, 11) is 0. The van der Waals surface area contributed by atoms with E-state index in [1.807, 2.05) is 0 Å². The average Bonchev–Trinajstić information content (AvgIpc) is 2.77. The summed E-state index contributed by atoms with van der Waals surface area (Å²) in [5.74, 6) is 0.761. The van der Waals surface area contributed by atoms with Crippen molar-refractivity contribution >= 4 is 12.0 Å². The molecule has 17 heavy (non-hydrogen) atoms. The molecule has 0 saturated carbocycles. The second-order valence-corrected chi connectivity index (χ2v) is 3.58. The molecule has 2 aromatic rings. The second kappa shape index (κ2) is 4.21. The molecule has 0 radical (unpaired) electrons. The lowest BCUT2D eigenvalue weighted by molar-refractivity contribution is -0.384. The monoisotopic (exact) mass is 231 g/mol. The number of hydrogen-bond acceptors (Lipinski definition) is 4. The van der Waals surface area contributed by atoms with Crippen LogP contribution in [-0.2, 0) is 0 Å². The zero-order valence-corrected chi connectivity index (χ0v) is 9.04. The Bertz CT molecular complexity index is 586. The molecule has 0 saturated heterocycles. The molecular weight excluding hydrogens is 222 g/mol. The first-order chi connectivity index (χ1) is 8.11. The molecule has 0 atom stereocenters. The molecule has 0 aliphatic heterocycles. The molecule has 0 bridgehead atoms. The minimum atomic E-state index is -0.449. The van der Waals surface area contributed by atoms with Gasteiger partial charge in [0.1, 0.15) is 5.76 Å². The molecule has 5 nitrogen and oxygen atoms in total. The lowest BCUT2D eigenvalue weighted by atomic mass is 10.1. The molecule has 2 rings (SSSR count). The van der Waals surface area contributed by atoms with Crippen LogP contribution in [0.15, 0.2) is 34.7 Å². The van der Waals surface area contributed by atoms with E-state index >= 15 is 0 Å². The van der Waals surface area contributed by atoms with E-state index in [0.29, 0.717) is 12.0 Å². The molecule has 0 aliphatic rings. The number of carbonyl (C=O) groups excluding carboxylic acids is 1. The zero-order chi connectivity index (χ0) is 12.4. The highest BCUT2D eigenvalue weighted by molar-refractivity contribution is 5.73. The molecule has 5 heteroatoms. The molecule has 86 valence electrons. The summed E-state index contributed by atoms with van der Waals surface area (Å²) in [5.41, 5.74) is 1.50. The number of aldehydes is 1. The topological polar surface area (TPSA) is 73.3 Å². The number of furan rings is 1. The maximum Gasteiger partial charge on any atom is 0.269 e. The standard InChI is InChI=1S/C12H9NO4/c1-8-6-9(13(15)16)2-4-11(8)12-5-3-10(7-14)17-12/h2-7H,1H3. The van der Waals surface area contributed by atoms with E-state index in [1.165, 1.54) is 12.1 Å². The molecule has 1 heterocycles. The SMILES string of the molecule is Cc1cc([N+](=O)[O-])ccc1-c1ccc(C=O)o1. The Morgan fingerprint density at radius 2 is 2.06 bits per heavy atom. The van der Waals surface area contributed by atoms with Crippen molar-refractivity contribution in [2.24, 2.45) is 0 Å². The fourth-order valence-corrected chi connectivity index (χ4v) is 1.60. The maximum atomic E-state index is 10.6. The first-order valence-electron chi connectivity index (χ1n) is 4.92. The van der Waals surface area contributed by atoms with Crippen molar-refractivity contribution in [2.75, 3.05) is 0 Å². The highest BCUT2D eigenvalue weighted by Crippen LogP contribution is 2.27. The minimum Gasteiger partial charge on any atom is -0.453 e. The second-order valence-electron chi connectivity index (χ2n) is 3.58. The number of nitro benzene ring substituents is 1. The van der Waals surface area contributed by atoms with Gasteiger partial charge in [-0.05, 0) is 30.7 Å². The highest BCUT2D eigenvalue weighted by atomic mass is 16.6. The predicted octanol–water partition coefficient (Wildman–Crippen LogP) is 2.98. The number of non-ortho nitro benzene ring substituents is 1. The molecule has 1 aromatic carbocycles. The van der Waals surface area contributed by atoms with Crippen LogP contribution in [0.1, 0.15) is 16.1 Å². The number of aryl methyl sites for hydroxylation is 1. The van der Waals surface area contributed by atoms with Gasteiger partial charge in [0.25, 0.3) is 5.69 Å². The number of benzene rings is 1. The van der Waals surface area contributed by atoms with Crippen LogP contribution in [0.2, 0.25) is 0 Å². The summed E-state index contributed by atoms with van der Waals surface area (Å²) < 4.78 is 5.26. The van der Waals surface area contributed by atoms with Gasteiger partial charge >= 0.3 is 0 Å². The summed E-state index contributed by atoms with van der Waals surface area (Å²) in [6.45, 7) is 1.76. The molecule has 0 fully saturated rings. The van der Waals surface area contributed by atoms with E-state index in [1.54, 1.807) is 25.1 Å². The minimum absolute atomic E-state index is 0.0356. The number of nitro groups is 1. The van der Waals surface area contributed by atoms with Gasteiger partial charge in [-0.3, -0.25) is 14.9 Å². The lowest BCUT2D eigenvalue weighted by Gasteiger charge is -2.01. The third-order valence-electron chi connectivity index (χ3n) is 2.43. The summed E-state index contributed by atoms with van der Waals surface area (Å²) in [6.07, 6.45) is 0.615. The smallest absolute Gasteiger partial charge is 0.269 e. The first kappa shape index (κ1) is 11.1. The lowest BCUT2D eigenvalue weighted by Crippen LogP contribution is -1.89. The van der Waals surface area contributed by atoms with Crippen LogP contribution in [0, 0.1) is 17.0 Å². The van der Waals surface area contributed by atoms with Crippen LogP contribution in [0.3, 0.4) is 0 Å². The summed E-state index contributed by atoms with van der Waals surface area (Å²) >= 11 is 0. The summed E-state index contributed by atoms with van der Waals surface area (Å²) in [6, 6.07) is 7.71. The number of rotatable bonds is 3. The van der Waals surface area contributed by atoms with Gasteiger partial charge in [0.05, 0.1) is 4.92 Å². The van der Waals surface area contributed by atoms with E-state index in [-0.39, 0.29) is 11.4 Å². The van der Waals surface area contributed by atoms with Gasteiger partial charge in [0.15, 0.2) is 12.0 Å². The van der Waals surface area contributed by atoms with E-state index in [4.69, 9.17) is 4.42 Å². The third-order valence-corrected chi connectivity index (χ3v) is 2.43. The van der Waals surface area contributed by atoms with Gasteiger partial charge < -0.3 is 4.42 Å². The summed E-state index contributed by atoms with van der Waals surface area (Å²) in [5, 5.41) is 10.6. The molecular formula is C12H9NO4. The largest absolute Gasteiger partial charge is 0.453 e. The van der Waals surface area contributed by atoms with Crippen molar-refractivity contribution in [2.45, 2.75) is 6.92 Å². The van der Waals surface area contributed by atoms with E-state index in [0.717, 1.165) is 11.1 Å². The Kier molecular flexibility index (Phi) is 2.74. The fraction of sp³-hybridized carbons (Fsp3) is 0.0833. The molecule has 0 aliphatic carbocycles. The van der Waals surface area contributed by atoms with E-state index < -0.39 is 4.92 Å². The van der Waals surface area contributed by atoms with Gasteiger partial charge in [-0.15, -0.1) is 0 Å². The first-order valence-corrected chi connectivity index (χ1v) is 4.92. The molecule has 0 spiro atoms. The zero-order valence-electron chi connectivity index (χ0n) is 9.04. The number of hydrogen-bond donors (Lipinski definition) is 0. The van der Waals surface area contributed by atoms with Crippen molar-refractivity contribution in [1.82, 2.24) is 0 Å². The van der Waals surface area contributed by atoms with Crippen LogP contribution in [0.25, 0.3) is 11.3 Å². The fourth-order valence-electron chi connectivity index (χ4n) is 1.60. The van der Waals surface area contributed by atoms with Gasteiger partial charge in [0, 0.05) is 17.7 Å². The average molecular weight is 231 g/mol. The van der Waals surface area contributed by atoms with Crippen LogP contribution in [0.5, 0.6) is 0 Å². The Morgan fingerprint density at radius 1 is 1.29 bits per heavy atom. The predicted molar refractivity (Wildman–Crippen MR) is 60.9 cm³/mol. The van der Waals surface area contributed by atoms with Crippen molar-refractivity contribution in [3.05, 3.63) is 51.8 Å². The highest BCUT2D eigenvalue weighted by Gasteiger charge is 2.11. The van der Waals surface area contributed by atoms with Crippen LogP contribution in [0.4, 0.5) is 5.69 Å². The van der Waals surface area contributed by atoms with E-state index in [2.05, 4.69) is 0 Å². The maximum absolute atomic E-state index is 10.6. The van der Waals surface area contributed by atoms with Crippen LogP contribution >= 0.6 is 0 Å². The Hall–Kier alpha value is -2.43. The van der Waals surface area contributed by atoms with Crippen LogP contribution < -0.4 is 0 Å². The third kappa shape index (κ3) is 2.08. The van der Waals surface area contributed by atoms with Gasteiger partial charge in [0.2, 0.25) is 0 Å². The van der Waals surface area contributed by atoms with Gasteiger partial charge in [-0.2, -0.15) is 0 Å². The quantitative estimate of drug-likeness (QED) is 0.462. The molecule has 0 N–H and O–H groups in total. The Balaban J connectivity index is 2.46. The van der Waals surface area contributed by atoms with Crippen molar-refractivity contribution in [3.63, 3.8) is 0 Å². The number of carbonyl (C=O) groups is 1. The molecule has 0 amide bonds. The van der Waals surface area contributed by atoms with Crippen molar-refractivity contribution < 1.29 is 14.1 Å². The molecule has 1 aromatic heterocycles. The number of nitrogens with zero attached hydrogens (tertiary/aromatic N) is 1. The van der Waals surface area contributed by atoms with Crippen molar-refractivity contribution in [1.29, 1.82) is 0 Å². The van der Waals surface area contributed by atoms with E-state index in [9.17, 15) is 14.9 Å². The van der Waals surface area contributed by atoms with Crippen LogP contribution in [-0.4, -0.2) is 11.2 Å². The molecule has 0 unspecified atom stereocenters. The summed E-state index contributed by atoms with van der Waals surface area (Å²) in [4.78, 5) is 20.6. The van der Waals surface area contributed by atoms with Crippen molar-refractivity contribution in [3.8, 4) is 11.3 Å². The van der Waals surface area contributed by atoms with Gasteiger partial charge in [-0.25, -0.2) is 0 Å². The van der Waals surface area contributed by atoms with Gasteiger partial charge in [-0.1, -0.05) is 0 Å². The normalized spacial score (nSPS) is 10.2. The Morgan fingerprint density at radius 3 is 2.59 bits per heavy atom.